The predicted molar refractivity (Wildman–Crippen MR) is 40.6 cm³/mol. The van der Waals surface area contributed by atoms with Crippen LogP contribution in [0.1, 0.15) is 5.56 Å². The van der Waals surface area contributed by atoms with Crippen molar-refractivity contribution in [2.75, 3.05) is 0 Å². The zero-order chi connectivity index (χ0) is 6.69. The van der Waals surface area contributed by atoms with Gasteiger partial charge in [-0.3, -0.25) is 5.21 Å². The molecule has 0 amide bonds. The first-order valence-electron chi connectivity index (χ1n) is 2.58. The van der Waals surface area contributed by atoms with E-state index in [9.17, 15) is 0 Å². The third kappa shape index (κ3) is 2.42. The predicted octanol–water partition coefficient (Wildman–Crippen LogP) is 1.37. The second-order valence-corrected chi connectivity index (χ2v) is 1.99. The van der Waals surface area contributed by atoms with Crippen LogP contribution in [-0.2, 0) is 5.88 Å². The Bertz CT molecular complexity index is 187. The zero-order valence-corrected chi connectivity index (χ0v) is 6.77. The van der Waals surface area contributed by atoms with Crippen LogP contribution in [-0.4, -0.2) is 5.21 Å². The van der Waals surface area contributed by atoms with Crippen LogP contribution in [0.5, 0.6) is 0 Å². The standard InChI is InChI=1S/C6H7ClNO.ClH/c7-5-6-1-3-8(9)4-2-6;/h1-4,9H,5H2;1H/q+1;. The first-order valence-corrected chi connectivity index (χ1v) is 3.12. The van der Waals surface area contributed by atoms with Crippen molar-refractivity contribution in [3.63, 3.8) is 0 Å². The summed E-state index contributed by atoms with van der Waals surface area (Å²) in [6.07, 6.45) is 3.08. The van der Waals surface area contributed by atoms with Gasteiger partial charge < -0.3 is 0 Å². The van der Waals surface area contributed by atoms with E-state index in [-0.39, 0.29) is 12.4 Å². The molecule has 0 unspecified atom stereocenters. The Morgan fingerprint density at radius 2 is 1.90 bits per heavy atom. The lowest BCUT2D eigenvalue weighted by Crippen LogP contribution is -2.27. The van der Waals surface area contributed by atoms with Gasteiger partial charge in [-0.05, 0) is 5.56 Å². The van der Waals surface area contributed by atoms with Crippen molar-refractivity contribution < 1.29 is 9.94 Å². The summed E-state index contributed by atoms with van der Waals surface area (Å²) in [7, 11) is 0. The molecule has 0 fully saturated rings. The Morgan fingerprint density at radius 3 is 2.30 bits per heavy atom. The number of nitrogens with zero attached hydrogens (tertiary/aromatic N) is 1. The number of alkyl halides is 1. The van der Waals surface area contributed by atoms with Crippen molar-refractivity contribution in [2.24, 2.45) is 0 Å². The average Bonchev–Trinajstić information content (AvgIpc) is 1.90. The van der Waals surface area contributed by atoms with Crippen LogP contribution in [0.3, 0.4) is 0 Å². The Morgan fingerprint density at radius 1 is 1.40 bits per heavy atom. The second-order valence-electron chi connectivity index (χ2n) is 1.72. The lowest BCUT2D eigenvalue weighted by Gasteiger charge is -1.86. The van der Waals surface area contributed by atoms with Gasteiger partial charge in [0.15, 0.2) is 0 Å². The highest BCUT2D eigenvalue weighted by molar-refractivity contribution is 6.17. The number of aromatic nitrogens is 1. The molecular weight excluding hydrogens is 173 g/mol. The van der Waals surface area contributed by atoms with Crippen LogP contribution >= 0.6 is 24.0 Å². The second kappa shape index (κ2) is 4.36. The fraction of sp³-hybridized carbons (Fsp3) is 0.167. The topological polar surface area (TPSA) is 24.1 Å². The number of halogens is 2. The van der Waals surface area contributed by atoms with Crippen LogP contribution < -0.4 is 4.73 Å². The minimum Gasteiger partial charge on any atom is -0.285 e. The first-order chi connectivity index (χ1) is 4.33. The van der Waals surface area contributed by atoms with Gasteiger partial charge in [-0.2, -0.15) is 0 Å². The van der Waals surface area contributed by atoms with E-state index in [1.807, 2.05) is 0 Å². The third-order valence-corrected chi connectivity index (χ3v) is 1.35. The van der Waals surface area contributed by atoms with Crippen molar-refractivity contribution in [1.29, 1.82) is 0 Å². The molecule has 0 radical (unpaired) electrons. The molecule has 0 bridgehead atoms. The van der Waals surface area contributed by atoms with E-state index in [1.54, 1.807) is 12.1 Å². The molecule has 0 aliphatic carbocycles. The molecule has 0 aliphatic rings. The van der Waals surface area contributed by atoms with Crippen molar-refractivity contribution >= 4 is 24.0 Å². The molecule has 1 aromatic rings. The number of pyridine rings is 1. The van der Waals surface area contributed by atoms with E-state index in [0.29, 0.717) is 5.88 Å². The monoisotopic (exact) mass is 180 g/mol. The summed E-state index contributed by atoms with van der Waals surface area (Å²) >= 11 is 5.49. The minimum absolute atomic E-state index is 0. The highest BCUT2D eigenvalue weighted by Crippen LogP contribution is 1.97. The summed E-state index contributed by atoms with van der Waals surface area (Å²) in [4.78, 5) is 0. The molecule has 0 atom stereocenters. The van der Waals surface area contributed by atoms with Gasteiger partial charge in [-0.1, -0.05) is 0 Å². The third-order valence-electron chi connectivity index (χ3n) is 1.04. The van der Waals surface area contributed by atoms with Gasteiger partial charge in [0.1, 0.15) is 0 Å². The summed E-state index contributed by atoms with van der Waals surface area (Å²) < 4.78 is 0.982. The molecule has 1 N–H and O–H groups in total. The van der Waals surface area contributed by atoms with E-state index in [4.69, 9.17) is 16.8 Å². The first kappa shape index (κ1) is 9.53. The van der Waals surface area contributed by atoms with Crippen LogP contribution in [0.15, 0.2) is 24.5 Å². The molecular formula is C6H8Cl2NO+. The molecule has 0 aliphatic heterocycles. The molecule has 10 heavy (non-hydrogen) atoms. The lowest BCUT2D eigenvalue weighted by molar-refractivity contribution is -0.904. The smallest absolute Gasteiger partial charge is 0.222 e. The van der Waals surface area contributed by atoms with Gasteiger partial charge in [0.2, 0.25) is 12.4 Å². The fourth-order valence-electron chi connectivity index (χ4n) is 0.539. The maximum atomic E-state index is 8.73. The average molecular weight is 181 g/mol. The maximum Gasteiger partial charge on any atom is 0.222 e. The van der Waals surface area contributed by atoms with E-state index in [0.717, 1.165) is 10.3 Å². The van der Waals surface area contributed by atoms with E-state index in [1.165, 1.54) is 12.4 Å². The number of rotatable bonds is 1. The van der Waals surface area contributed by atoms with Crippen LogP contribution in [0.4, 0.5) is 0 Å². The van der Waals surface area contributed by atoms with Crippen LogP contribution in [0, 0.1) is 0 Å². The van der Waals surface area contributed by atoms with Gasteiger partial charge in [0, 0.05) is 22.7 Å². The van der Waals surface area contributed by atoms with Crippen molar-refractivity contribution in [1.82, 2.24) is 0 Å². The van der Waals surface area contributed by atoms with E-state index < -0.39 is 0 Å². The molecule has 56 valence electrons. The summed E-state index contributed by atoms with van der Waals surface area (Å²) in [5.74, 6) is 0.487. The maximum absolute atomic E-state index is 8.73. The Hall–Kier alpha value is -0.470. The molecule has 0 spiro atoms. The van der Waals surface area contributed by atoms with Crippen molar-refractivity contribution in [3.05, 3.63) is 30.1 Å². The zero-order valence-electron chi connectivity index (χ0n) is 5.20. The summed E-state index contributed by atoms with van der Waals surface area (Å²) in [6.45, 7) is 0. The Kier molecular flexibility index (Phi) is 4.16. The number of hydrogen-bond acceptors (Lipinski definition) is 1. The highest BCUT2D eigenvalue weighted by Gasteiger charge is 1.93. The minimum atomic E-state index is 0. The van der Waals surface area contributed by atoms with Crippen LogP contribution in [0.2, 0.25) is 0 Å². The van der Waals surface area contributed by atoms with Gasteiger partial charge in [-0.25, -0.2) is 0 Å². The van der Waals surface area contributed by atoms with Crippen molar-refractivity contribution in [2.45, 2.75) is 5.88 Å². The molecule has 0 saturated carbocycles. The lowest BCUT2D eigenvalue weighted by atomic mass is 10.3. The van der Waals surface area contributed by atoms with Gasteiger partial charge in [-0.15, -0.1) is 24.0 Å². The van der Waals surface area contributed by atoms with Gasteiger partial charge in [0.25, 0.3) is 0 Å². The molecule has 1 rings (SSSR count). The SMILES string of the molecule is Cl.O[n+]1ccc(CCl)cc1. The quantitative estimate of drug-likeness (QED) is 0.395. The Labute approximate surface area is 70.4 Å². The molecule has 0 aromatic carbocycles. The van der Waals surface area contributed by atoms with E-state index >= 15 is 0 Å². The van der Waals surface area contributed by atoms with Gasteiger partial charge >= 0.3 is 0 Å². The largest absolute Gasteiger partial charge is 0.285 e. The van der Waals surface area contributed by atoms with Crippen molar-refractivity contribution in [3.8, 4) is 0 Å². The fourth-order valence-corrected chi connectivity index (χ4v) is 0.717. The van der Waals surface area contributed by atoms with E-state index in [2.05, 4.69) is 0 Å². The Balaban J connectivity index is 0.000000810. The summed E-state index contributed by atoms with van der Waals surface area (Å²) in [6, 6.07) is 3.51. The molecule has 0 saturated heterocycles. The highest BCUT2D eigenvalue weighted by atomic mass is 35.5. The molecule has 4 heteroatoms. The van der Waals surface area contributed by atoms with Crippen LogP contribution in [0.25, 0.3) is 0 Å². The summed E-state index contributed by atoms with van der Waals surface area (Å²) in [5.41, 5.74) is 1.00. The summed E-state index contributed by atoms with van der Waals surface area (Å²) in [5, 5.41) is 8.73. The normalized spacial score (nSPS) is 8.50. The number of hydrogen-bond donors (Lipinski definition) is 1. The van der Waals surface area contributed by atoms with Gasteiger partial charge in [0.05, 0.1) is 0 Å². The molecule has 1 heterocycles. The molecule has 2 nitrogen and oxygen atoms in total. The molecule has 1 aromatic heterocycles.